The molecule has 1 aromatic rings. The van der Waals surface area contributed by atoms with E-state index in [9.17, 15) is 4.79 Å². The molecule has 0 aromatic heterocycles. The van der Waals surface area contributed by atoms with Gasteiger partial charge < -0.3 is 20.1 Å². The van der Waals surface area contributed by atoms with Gasteiger partial charge in [0.1, 0.15) is 0 Å². The average Bonchev–Trinajstić information content (AvgIpc) is 2.66. The molecule has 6 nitrogen and oxygen atoms in total. The van der Waals surface area contributed by atoms with Crippen LogP contribution in [0.1, 0.15) is 17.5 Å². The summed E-state index contributed by atoms with van der Waals surface area (Å²) in [6.45, 7) is 4.49. The Hall–Kier alpha value is -2.05. The monoisotopic (exact) mass is 345 g/mol. The second-order valence-corrected chi connectivity index (χ2v) is 6.54. The highest BCUT2D eigenvalue weighted by Crippen LogP contribution is 2.33. The van der Waals surface area contributed by atoms with Crippen LogP contribution in [0.15, 0.2) is 23.8 Å². The first kappa shape index (κ1) is 17.8. The molecule has 0 atom stereocenters. The Morgan fingerprint density at radius 3 is 2.52 bits per heavy atom. The van der Waals surface area contributed by atoms with Gasteiger partial charge in [-0.05, 0) is 36.1 Å². The van der Waals surface area contributed by atoms with Gasteiger partial charge in [0.05, 0.1) is 14.2 Å². The van der Waals surface area contributed by atoms with E-state index < -0.39 is 0 Å². The Labute approximate surface area is 149 Å². The Morgan fingerprint density at radius 2 is 1.84 bits per heavy atom. The lowest BCUT2D eigenvalue weighted by atomic mass is 9.97. The van der Waals surface area contributed by atoms with Gasteiger partial charge in [0.25, 0.3) is 5.91 Å². The zero-order chi connectivity index (χ0) is 17.8. The first-order valence-corrected chi connectivity index (χ1v) is 8.80. The Kier molecular flexibility index (Phi) is 5.60. The molecule has 0 bridgehead atoms. The molecule has 136 valence electrons. The van der Waals surface area contributed by atoms with Crippen molar-refractivity contribution in [2.75, 3.05) is 46.9 Å². The van der Waals surface area contributed by atoms with Crippen LogP contribution in [-0.2, 0) is 17.8 Å². The third-order valence-corrected chi connectivity index (χ3v) is 4.96. The summed E-state index contributed by atoms with van der Waals surface area (Å²) in [5, 5.41) is 0. The molecule has 2 aliphatic heterocycles. The van der Waals surface area contributed by atoms with Gasteiger partial charge in [0.2, 0.25) is 0 Å². The van der Waals surface area contributed by atoms with Crippen LogP contribution in [-0.4, -0.2) is 62.7 Å². The number of hydrogen-bond acceptors (Lipinski definition) is 5. The number of amides is 1. The van der Waals surface area contributed by atoms with Crippen molar-refractivity contribution in [3.05, 3.63) is 34.9 Å². The summed E-state index contributed by atoms with van der Waals surface area (Å²) in [6.07, 6.45) is 3.83. The molecule has 0 saturated heterocycles. The summed E-state index contributed by atoms with van der Waals surface area (Å²) in [6, 6.07) is 4.02. The van der Waals surface area contributed by atoms with E-state index in [1.54, 1.807) is 14.2 Å². The van der Waals surface area contributed by atoms with Crippen molar-refractivity contribution in [1.82, 2.24) is 9.80 Å². The first-order chi connectivity index (χ1) is 12.2. The van der Waals surface area contributed by atoms with E-state index in [0.717, 1.165) is 49.4 Å². The summed E-state index contributed by atoms with van der Waals surface area (Å²) < 4.78 is 10.8. The number of rotatable bonds is 5. The van der Waals surface area contributed by atoms with E-state index in [1.807, 2.05) is 17.0 Å². The standard InChI is InChI=1S/C19H27N3O3/c1-24-17-10-14-5-8-22(13-16(14)11-18(17)25-2)19(23)15-4-3-7-21(12-15)9-6-20/h4,10-11H,3,5-9,12-13,20H2,1-2H3. The molecule has 2 heterocycles. The molecule has 0 radical (unpaired) electrons. The summed E-state index contributed by atoms with van der Waals surface area (Å²) >= 11 is 0. The number of carbonyl (C=O) groups excluding carboxylic acids is 1. The van der Waals surface area contributed by atoms with Crippen molar-refractivity contribution in [1.29, 1.82) is 0 Å². The number of nitrogens with zero attached hydrogens (tertiary/aromatic N) is 2. The van der Waals surface area contributed by atoms with E-state index in [-0.39, 0.29) is 5.91 Å². The van der Waals surface area contributed by atoms with Gasteiger partial charge in [-0.25, -0.2) is 0 Å². The molecular weight excluding hydrogens is 318 g/mol. The summed E-state index contributed by atoms with van der Waals surface area (Å²) in [7, 11) is 3.28. The third-order valence-electron chi connectivity index (χ3n) is 4.96. The van der Waals surface area contributed by atoms with Gasteiger partial charge in [-0.2, -0.15) is 0 Å². The molecule has 2 N–H and O–H groups in total. The van der Waals surface area contributed by atoms with Crippen molar-refractivity contribution in [2.24, 2.45) is 5.73 Å². The van der Waals surface area contributed by atoms with E-state index in [2.05, 4.69) is 11.0 Å². The first-order valence-electron chi connectivity index (χ1n) is 8.80. The van der Waals surface area contributed by atoms with Crippen molar-refractivity contribution < 1.29 is 14.3 Å². The summed E-state index contributed by atoms with van der Waals surface area (Å²) in [5.41, 5.74) is 8.90. The number of methoxy groups -OCH3 is 2. The second-order valence-electron chi connectivity index (χ2n) is 6.54. The second kappa shape index (κ2) is 7.89. The van der Waals surface area contributed by atoms with E-state index in [4.69, 9.17) is 15.2 Å². The minimum Gasteiger partial charge on any atom is -0.493 e. The van der Waals surface area contributed by atoms with Gasteiger partial charge >= 0.3 is 0 Å². The molecule has 1 amide bonds. The minimum absolute atomic E-state index is 0.141. The highest BCUT2D eigenvalue weighted by molar-refractivity contribution is 5.94. The highest BCUT2D eigenvalue weighted by Gasteiger charge is 2.26. The smallest absolute Gasteiger partial charge is 0.251 e. The molecule has 0 aliphatic carbocycles. The van der Waals surface area contributed by atoms with Crippen molar-refractivity contribution in [3.63, 3.8) is 0 Å². The third kappa shape index (κ3) is 3.80. The maximum absolute atomic E-state index is 12.9. The van der Waals surface area contributed by atoms with Crippen molar-refractivity contribution in [2.45, 2.75) is 19.4 Å². The molecule has 25 heavy (non-hydrogen) atoms. The molecule has 3 rings (SSSR count). The van der Waals surface area contributed by atoms with Crippen LogP contribution in [0.2, 0.25) is 0 Å². The lowest BCUT2D eigenvalue weighted by Crippen LogP contribution is -2.42. The quantitative estimate of drug-likeness (QED) is 0.868. The highest BCUT2D eigenvalue weighted by atomic mass is 16.5. The normalized spacial score (nSPS) is 17.7. The van der Waals surface area contributed by atoms with Crippen LogP contribution in [0.25, 0.3) is 0 Å². The summed E-state index contributed by atoms with van der Waals surface area (Å²) in [4.78, 5) is 17.1. The minimum atomic E-state index is 0.141. The lowest BCUT2D eigenvalue weighted by Gasteiger charge is -2.33. The maximum Gasteiger partial charge on any atom is 0.251 e. The van der Waals surface area contributed by atoms with Crippen LogP contribution < -0.4 is 15.2 Å². The van der Waals surface area contributed by atoms with Crippen LogP contribution in [0.3, 0.4) is 0 Å². The molecule has 0 saturated carbocycles. The Balaban J connectivity index is 1.74. The van der Waals surface area contributed by atoms with Crippen molar-refractivity contribution in [3.8, 4) is 11.5 Å². The number of hydrogen-bond donors (Lipinski definition) is 1. The molecule has 1 aromatic carbocycles. The van der Waals surface area contributed by atoms with Crippen LogP contribution in [0.4, 0.5) is 0 Å². The zero-order valence-electron chi connectivity index (χ0n) is 15.1. The Morgan fingerprint density at radius 1 is 1.12 bits per heavy atom. The van der Waals surface area contributed by atoms with Gasteiger partial charge in [0, 0.05) is 44.8 Å². The number of carbonyl (C=O) groups is 1. The molecule has 6 heteroatoms. The number of ether oxygens (including phenoxy) is 2. The fourth-order valence-electron chi connectivity index (χ4n) is 3.59. The number of fused-ring (bicyclic) bond motifs is 1. The average molecular weight is 345 g/mol. The predicted molar refractivity (Wildman–Crippen MR) is 96.9 cm³/mol. The van der Waals surface area contributed by atoms with Crippen molar-refractivity contribution >= 4 is 5.91 Å². The van der Waals surface area contributed by atoms with E-state index in [0.29, 0.717) is 25.4 Å². The topological polar surface area (TPSA) is 68.0 Å². The SMILES string of the molecule is COc1cc2c(cc1OC)CN(C(=O)C1=CCCN(CCN)C1)CC2. The van der Waals surface area contributed by atoms with E-state index >= 15 is 0 Å². The number of nitrogens with two attached hydrogens (primary N) is 1. The summed E-state index contributed by atoms with van der Waals surface area (Å²) in [5.74, 6) is 1.59. The molecular formula is C19H27N3O3. The molecule has 2 aliphatic rings. The van der Waals surface area contributed by atoms with Crippen LogP contribution >= 0.6 is 0 Å². The van der Waals surface area contributed by atoms with Gasteiger partial charge in [0.15, 0.2) is 11.5 Å². The maximum atomic E-state index is 12.9. The van der Waals surface area contributed by atoms with Crippen LogP contribution in [0, 0.1) is 0 Å². The predicted octanol–water partition coefficient (Wildman–Crippen LogP) is 1.18. The van der Waals surface area contributed by atoms with E-state index in [1.165, 1.54) is 5.56 Å². The fraction of sp³-hybridized carbons (Fsp3) is 0.526. The fourth-order valence-corrected chi connectivity index (χ4v) is 3.59. The lowest BCUT2D eigenvalue weighted by molar-refractivity contribution is -0.128. The zero-order valence-corrected chi connectivity index (χ0v) is 15.1. The number of benzene rings is 1. The van der Waals surface area contributed by atoms with Gasteiger partial charge in [-0.15, -0.1) is 0 Å². The Bertz CT molecular complexity index is 672. The van der Waals surface area contributed by atoms with Gasteiger partial charge in [-0.1, -0.05) is 6.08 Å². The largest absolute Gasteiger partial charge is 0.493 e. The molecule has 0 spiro atoms. The van der Waals surface area contributed by atoms with Gasteiger partial charge in [-0.3, -0.25) is 9.69 Å². The molecule has 0 fully saturated rings. The molecule has 0 unspecified atom stereocenters. The van der Waals surface area contributed by atoms with Crippen LogP contribution in [0.5, 0.6) is 11.5 Å².